The lowest BCUT2D eigenvalue weighted by Gasteiger charge is -2.41. The number of benzene rings is 2. The van der Waals surface area contributed by atoms with E-state index < -0.39 is 50.5 Å². The summed E-state index contributed by atoms with van der Waals surface area (Å²) >= 11 is 0. The summed E-state index contributed by atoms with van der Waals surface area (Å²) in [5, 5.41) is 17.2. The molecule has 3 aliphatic rings. The molecule has 5 N–H and O–H groups in total. The van der Waals surface area contributed by atoms with Crippen LogP contribution < -0.4 is 25.2 Å². The maximum absolute atomic E-state index is 15.6. The molecular weight excluding hydrogens is 851 g/mol. The van der Waals surface area contributed by atoms with Gasteiger partial charge >= 0.3 is 10.2 Å². The van der Waals surface area contributed by atoms with E-state index in [9.17, 15) is 32.7 Å². The predicted octanol–water partition coefficient (Wildman–Crippen LogP) is 4.03. The summed E-state index contributed by atoms with van der Waals surface area (Å²) in [5.41, 5.74) is 0.688. The molecule has 20 heteroatoms. The van der Waals surface area contributed by atoms with Gasteiger partial charge in [0.2, 0.25) is 23.5 Å². The Morgan fingerprint density at radius 2 is 1.67 bits per heavy atom. The van der Waals surface area contributed by atoms with E-state index in [0.29, 0.717) is 80.8 Å². The first-order chi connectivity index (χ1) is 30.6. The van der Waals surface area contributed by atoms with E-state index >= 15 is 8.78 Å². The SMILES string of the molecule is CCN(C)S(=O)(=O)Nc1ccc(F)c(C(=O)c2c[nH]c3ncc(-c4ccc(N5CCN(C(=O)CC6(O)CCN(c7ccc(NC8CCC(=O)NC8=O)cn7)CC6)CC5)cc4)cc23)c1F. The summed E-state index contributed by atoms with van der Waals surface area (Å²) in [7, 11) is -2.86. The highest BCUT2D eigenvalue weighted by atomic mass is 32.2. The second-order valence-electron chi connectivity index (χ2n) is 16.3. The van der Waals surface area contributed by atoms with Gasteiger partial charge in [0.15, 0.2) is 5.82 Å². The van der Waals surface area contributed by atoms with Crippen molar-refractivity contribution >= 4 is 67.6 Å². The third kappa shape index (κ3) is 9.25. The van der Waals surface area contributed by atoms with E-state index in [1.54, 1.807) is 30.3 Å². The molecule has 3 fully saturated rings. The average Bonchev–Trinajstić information content (AvgIpc) is 3.72. The minimum atomic E-state index is -4.15. The minimum Gasteiger partial charge on any atom is -0.389 e. The molecule has 3 amide bonds. The highest BCUT2D eigenvalue weighted by molar-refractivity contribution is 7.90. The summed E-state index contributed by atoms with van der Waals surface area (Å²) in [5.74, 6) is -3.47. The fourth-order valence-corrected chi connectivity index (χ4v) is 9.13. The lowest BCUT2D eigenvalue weighted by Crippen LogP contribution is -2.52. The molecule has 336 valence electrons. The summed E-state index contributed by atoms with van der Waals surface area (Å²) in [6.07, 6.45) is 6.10. The van der Waals surface area contributed by atoms with Crippen molar-refractivity contribution in [3.63, 3.8) is 0 Å². The average molecular weight is 899 g/mol. The van der Waals surface area contributed by atoms with Gasteiger partial charge in [0.25, 0.3) is 0 Å². The number of hydrogen-bond donors (Lipinski definition) is 5. The molecule has 0 bridgehead atoms. The van der Waals surface area contributed by atoms with Crippen LogP contribution in [-0.4, -0.2) is 126 Å². The maximum atomic E-state index is 15.6. The zero-order chi connectivity index (χ0) is 45.3. The van der Waals surface area contributed by atoms with Crippen LogP contribution in [0.5, 0.6) is 0 Å². The smallest absolute Gasteiger partial charge is 0.301 e. The number of hydrogen-bond acceptors (Lipinski definition) is 12. The van der Waals surface area contributed by atoms with Gasteiger partial charge in [0, 0.05) is 93.9 Å². The number of imide groups is 1. The molecule has 1 atom stereocenters. The number of pyridine rings is 2. The van der Waals surface area contributed by atoms with Crippen molar-refractivity contribution in [3.8, 4) is 11.1 Å². The number of nitrogens with zero attached hydrogens (tertiary/aromatic N) is 6. The number of piperidine rings is 2. The molecule has 2 aromatic carbocycles. The number of aliphatic hydroxyl groups is 1. The van der Waals surface area contributed by atoms with Crippen molar-refractivity contribution in [1.82, 2.24) is 29.5 Å². The number of carbonyl (C=O) groups excluding carboxylic acids is 4. The van der Waals surface area contributed by atoms with Gasteiger partial charge in [-0.15, -0.1) is 0 Å². The Kier molecular flexibility index (Phi) is 12.4. The lowest BCUT2D eigenvalue weighted by atomic mass is 9.87. The van der Waals surface area contributed by atoms with Crippen LogP contribution in [0.25, 0.3) is 22.2 Å². The van der Waals surface area contributed by atoms with Gasteiger partial charge in [0.05, 0.1) is 35.2 Å². The second-order valence-corrected chi connectivity index (χ2v) is 18.1. The number of piperazine rings is 1. The number of aromatic amines is 1. The van der Waals surface area contributed by atoms with E-state index in [1.807, 2.05) is 36.4 Å². The Labute approximate surface area is 368 Å². The fourth-order valence-electron chi connectivity index (χ4n) is 8.20. The number of rotatable bonds is 13. The number of carbonyl (C=O) groups is 4. The predicted molar refractivity (Wildman–Crippen MR) is 236 cm³/mol. The molecule has 64 heavy (non-hydrogen) atoms. The summed E-state index contributed by atoms with van der Waals surface area (Å²) < 4.78 is 58.8. The van der Waals surface area contributed by atoms with E-state index in [-0.39, 0.29) is 42.7 Å². The summed E-state index contributed by atoms with van der Waals surface area (Å²) in [6, 6.07) is 14.3. The van der Waals surface area contributed by atoms with Crippen LogP contribution in [0.2, 0.25) is 0 Å². The Morgan fingerprint density at radius 1 is 0.938 bits per heavy atom. The fraction of sp³-hybridized carbons (Fsp3) is 0.364. The lowest BCUT2D eigenvalue weighted by molar-refractivity contribution is -0.138. The molecule has 1 unspecified atom stereocenters. The molecule has 8 rings (SSSR count). The van der Waals surface area contributed by atoms with Crippen molar-refractivity contribution in [2.45, 2.75) is 50.7 Å². The number of ketones is 1. The van der Waals surface area contributed by atoms with Gasteiger partial charge in [-0.05, 0) is 67.3 Å². The zero-order valence-electron chi connectivity index (χ0n) is 35.2. The number of anilines is 4. The summed E-state index contributed by atoms with van der Waals surface area (Å²) in [4.78, 5) is 68.5. The number of halogens is 2. The number of amides is 3. The normalized spacial score (nSPS) is 18.0. The third-order valence-corrected chi connectivity index (χ3v) is 13.8. The van der Waals surface area contributed by atoms with Crippen molar-refractivity contribution in [1.29, 1.82) is 0 Å². The van der Waals surface area contributed by atoms with E-state index in [4.69, 9.17) is 0 Å². The van der Waals surface area contributed by atoms with Crippen molar-refractivity contribution in [3.05, 3.63) is 95.9 Å². The van der Waals surface area contributed by atoms with E-state index in [1.165, 1.54) is 13.2 Å². The van der Waals surface area contributed by atoms with Gasteiger partial charge in [-0.2, -0.15) is 12.7 Å². The standard InChI is InChI=1S/C44H48F2N10O7S/c1-3-53(2)64(62,63)52-34-10-9-33(45)39(40(34)46)41(59)32-26-49-42-31(32)22-28(24-48-42)27-4-7-30(8-5-27)54-18-20-56(21-19-54)38(58)23-44(61)14-16-55(17-15-44)36-12-6-29(25-47-36)50-35-11-13-37(57)51-43(35)60/h4-10,12,22,24-26,35,50,52,61H,3,11,13-21,23H2,1-2H3,(H,48,49)(H,51,57,60). The van der Waals surface area contributed by atoms with Gasteiger partial charge in [-0.1, -0.05) is 19.1 Å². The first-order valence-corrected chi connectivity index (χ1v) is 22.5. The topological polar surface area (TPSA) is 213 Å². The first kappa shape index (κ1) is 44.1. The molecule has 0 spiro atoms. The maximum Gasteiger partial charge on any atom is 0.301 e. The Morgan fingerprint density at radius 3 is 2.34 bits per heavy atom. The number of nitrogens with one attached hydrogen (secondary N) is 4. The van der Waals surface area contributed by atoms with Crippen LogP contribution in [0.4, 0.5) is 31.7 Å². The van der Waals surface area contributed by atoms with Gasteiger partial charge < -0.3 is 30.1 Å². The molecule has 3 aliphatic heterocycles. The van der Waals surface area contributed by atoms with Gasteiger partial charge in [-0.3, -0.25) is 29.2 Å². The van der Waals surface area contributed by atoms with Crippen LogP contribution in [0.15, 0.2) is 73.2 Å². The monoisotopic (exact) mass is 898 g/mol. The Hall–Kier alpha value is -6.51. The summed E-state index contributed by atoms with van der Waals surface area (Å²) in [6.45, 7) is 4.89. The molecule has 3 saturated heterocycles. The molecule has 6 heterocycles. The van der Waals surface area contributed by atoms with E-state index in [2.05, 4.69) is 40.1 Å². The molecular formula is C44H48F2N10O7S. The molecule has 0 radical (unpaired) electrons. The van der Waals surface area contributed by atoms with Crippen LogP contribution in [0.1, 0.15) is 54.9 Å². The molecule has 0 saturated carbocycles. The molecule has 3 aromatic heterocycles. The quantitative estimate of drug-likeness (QED) is 0.0838. The number of aromatic nitrogens is 3. The highest BCUT2D eigenvalue weighted by Crippen LogP contribution is 2.32. The Bertz CT molecular complexity index is 2700. The minimum absolute atomic E-state index is 0.0271. The molecule has 5 aromatic rings. The van der Waals surface area contributed by atoms with Crippen molar-refractivity contribution in [2.24, 2.45) is 0 Å². The number of H-pyrrole nitrogens is 1. The largest absolute Gasteiger partial charge is 0.389 e. The molecule has 17 nitrogen and oxygen atoms in total. The highest BCUT2D eigenvalue weighted by Gasteiger charge is 2.37. The third-order valence-electron chi connectivity index (χ3n) is 12.2. The number of fused-ring (bicyclic) bond motifs is 1. The van der Waals surface area contributed by atoms with Gasteiger partial charge in [-0.25, -0.2) is 18.7 Å². The molecule has 0 aliphatic carbocycles. The van der Waals surface area contributed by atoms with Crippen molar-refractivity contribution in [2.75, 3.05) is 72.7 Å². The Balaban J connectivity index is 0.846. The van der Waals surface area contributed by atoms with Crippen molar-refractivity contribution < 1.29 is 41.5 Å². The van der Waals surface area contributed by atoms with Gasteiger partial charge in [0.1, 0.15) is 23.3 Å². The van der Waals surface area contributed by atoms with Crippen LogP contribution >= 0.6 is 0 Å². The first-order valence-electron chi connectivity index (χ1n) is 21.0. The van der Waals surface area contributed by atoms with Crippen LogP contribution in [0.3, 0.4) is 0 Å². The second kappa shape index (κ2) is 17.9. The van der Waals surface area contributed by atoms with E-state index in [0.717, 1.165) is 33.5 Å². The van der Waals surface area contributed by atoms with Crippen LogP contribution in [-0.2, 0) is 24.6 Å². The zero-order valence-corrected chi connectivity index (χ0v) is 36.1. The van der Waals surface area contributed by atoms with Crippen LogP contribution in [0, 0.1) is 11.6 Å².